The average molecular weight is 377 g/mol. The highest BCUT2D eigenvalue weighted by atomic mass is 79.9. The van der Waals surface area contributed by atoms with Crippen LogP contribution in [0.5, 0.6) is 0 Å². The lowest BCUT2D eigenvalue weighted by molar-refractivity contribution is -0.387. The minimum absolute atomic E-state index is 0.298. The van der Waals surface area contributed by atoms with Gasteiger partial charge in [0.2, 0.25) is 10.0 Å². The molecule has 2 rings (SSSR count). The summed E-state index contributed by atoms with van der Waals surface area (Å²) in [6, 6.07) is 3.92. The first kappa shape index (κ1) is 16.4. The zero-order valence-corrected chi connectivity index (χ0v) is 14.0. The molecule has 0 saturated heterocycles. The molecule has 1 saturated carbocycles. The van der Waals surface area contributed by atoms with Gasteiger partial charge in [0.1, 0.15) is 0 Å². The number of halogens is 1. The van der Waals surface area contributed by atoms with Gasteiger partial charge in [-0.15, -0.1) is 0 Å². The molecule has 1 aliphatic rings. The van der Waals surface area contributed by atoms with Crippen molar-refractivity contribution in [1.82, 2.24) is 4.72 Å². The second kappa shape index (κ2) is 6.02. The van der Waals surface area contributed by atoms with E-state index in [0.29, 0.717) is 4.47 Å². The number of nitrogens with zero attached hydrogens (tertiary/aromatic N) is 1. The predicted octanol–water partition coefficient (Wildman–Crippen LogP) is 3.36. The molecule has 0 bridgehead atoms. The SMILES string of the molecule is CC1(NS(=O)(=O)c2cc(Br)ccc2[N+](=O)[O-])CCCCC1. The van der Waals surface area contributed by atoms with Crippen molar-refractivity contribution in [3.8, 4) is 0 Å². The van der Waals surface area contributed by atoms with Crippen LogP contribution >= 0.6 is 15.9 Å². The van der Waals surface area contributed by atoms with Crippen molar-refractivity contribution in [3.63, 3.8) is 0 Å². The lowest BCUT2D eigenvalue weighted by Gasteiger charge is -2.34. The van der Waals surface area contributed by atoms with E-state index in [1.165, 1.54) is 18.2 Å². The van der Waals surface area contributed by atoms with Crippen molar-refractivity contribution in [2.24, 2.45) is 0 Å². The molecule has 1 aliphatic carbocycles. The third-order valence-electron chi connectivity index (χ3n) is 3.75. The minimum atomic E-state index is -3.94. The van der Waals surface area contributed by atoms with Gasteiger partial charge < -0.3 is 0 Å². The number of nitrogens with one attached hydrogen (secondary N) is 1. The zero-order chi connectivity index (χ0) is 15.7. The van der Waals surface area contributed by atoms with Crippen molar-refractivity contribution >= 4 is 31.6 Å². The Hall–Kier alpha value is -0.990. The van der Waals surface area contributed by atoms with E-state index in [4.69, 9.17) is 0 Å². The molecule has 0 heterocycles. The lowest BCUT2D eigenvalue weighted by atomic mass is 9.84. The molecule has 8 heteroatoms. The van der Waals surface area contributed by atoms with Crippen molar-refractivity contribution in [3.05, 3.63) is 32.8 Å². The Morgan fingerprint density at radius 1 is 1.29 bits per heavy atom. The van der Waals surface area contributed by atoms with Gasteiger partial charge in [-0.1, -0.05) is 35.2 Å². The third kappa shape index (κ3) is 3.81. The predicted molar refractivity (Wildman–Crippen MR) is 82.6 cm³/mol. The molecule has 116 valence electrons. The lowest BCUT2D eigenvalue weighted by Crippen LogP contribution is -2.47. The highest BCUT2D eigenvalue weighted by Gasteiger charge is 2.35. The molecule has 1 fully saturated rings. The van der Waals surface area contributed by atoms with E-state index in [2.05, 4.69) is 20.7 Å². The smallest absolute Gasteiger partial charge is 0.258 e. The summed E-state index contributed by atoms with van der Waals surface area (Å²) in [5, 5.41) is 11.0. The fourth-order valence-electron chi connectivity index (χ4n) is 2.67. The number of nitro groups is 1. The van der Waals surface area contributed by atoms with Crippen LogP contribution in [0.4, 0.5) is 5.69 Å². The Kier molecular flexibility index (Phi) is 4.69. The standard InChI is InChI=1S/C13H17BrN2O4S/c1-13(7-3-2-4-8-13)15-21(19,20)12-9-10(14)5-6-11(12)16(17)18/h5-6,9,15H,2-4,7-8H2,1H3. The molecule has 1 aromatic carbocycles. The van der Waals surface area contributed by atoms with Gasteiger partial charge in [0.25, 0.3) is 5.69 Å². The summed E-state index contributed by atoms with van der Waals surface area (Å²) in [6.07, 6.45) is 4.50. The normalized spacial score (nSPS) is 18.4. The largest absolute Gasteiger partial charge is 0.289 e. The van der Waals surface area contributed by atoms with Crippen LogP contribution in [0.25, 0.3) is 0 Å². The molecule has 1 N–H and O–H groups in total. The number of rotatable bonds is 4. The van der Waals surface area contributed by atoms with Crippen LogP contribution in [0.1, 0.15) is 39.0 Å². The van der Waals surface area contributed by atoms with Crippen molar-refractivity contribution in [1.29, 1.82) is 0 Å². The fraction of sp³-hybridized carbons (Fsp3) is 0.538. The Morgan fingerprint density at radius 3 is 2.48 bits per heavy atom. The maximum Gasteiger partial charge on any atom is 0.289 e. The first-order chi connectivity index (χ1) is 9.73. The van der Waals surface area contributed by atoms with Crippen LogP contribution in [0.3, 0.4) is 0 Å². The van der Waals surface area contributed by atoms with Gasteiger partial charge in [0.05, 0.1) is 4.92 Å². The van der Waals surface area contributed by atoms with Crippen LogP contribution in [-0.4, -0.2) is 18.9 Å². The molecule has 0 aliphatic heterocycles. The fourth-order valence-corrected chi connectivity index (χ4v) is 4.84. The van der Waals surface area contributed by atoms with E-state index >= 15 is 0 Å². The molecule has 0 aromatic heterocycles. The average Bonchev–Trinajstić information content (AvgIpc) is 2.37. The monoisotopic (exact) mass is 376 g/mol. The molecule has 0 unspecified atom stereocenters. The Balaban J connectivity index is 2.39. The molecule has 0 amide bonds. The Labute approximate surface area is 132 Å². The zero-order valence-electron chi connectivity index (χ0n) is 11.6. The van der Waals surface area contributed by atoms with Gasteiger partial charge in [-0.3, -0.25) is 10.1 Å². The first-order valence-electron chi connectivity index (χ1n) is 6.71. The van der Waals surface area contributed by atoms with E-state index in [0.717, 1.165) is 32.1 Å². The summed E-state index contributed by atoms with van der Waals surface area (Å²) >= 11 is 3.16. The van der Waals surface area contributed by atoms with Crippen LogP contribution < -0.4 is 4.72 Å². The second-order valence-electron chi connectivity index (χ2n) is 5.60. The van der Waals surface area contributed by atoms with E-state index in [9.17, 15) is 18.5 Å². The van der Waals surface area contributed by atoms with E-state index in [1.54, 1.807) is 0 Å². The summed E-state index contributed by atoms with van der Waals surface area (Å²) < 4.78 is 28.2. The van der Waals surface area contributed by atoms with E-state index in [-0.39, 0.29) is 4.90 Å². The summed E-state index contributed by atoms with van der Waals surface area (Å²) in [5.41, 5.74) is -0.946. The first-order valence-corrected chi connectivity index (χ1v) is 8.99. The maximum atomic E-state index is 12.5. The van der Waals surface area contributed by atoms with Crippen molar-refractivity contribution in [2.45, 2.75) is 49.5 Å². The molecule has 0 spiro atoms. The highest BCUT2D eigenvalue weighted by molar-refractivity contribution is 9.10. The quantitative estimate of drug-likeness (QED) is 0.644. The topological polar surface area (TPSA) is 89.3 Å². The molecular weight excluding hydrogens is 360 g/mol. The van der Waals surface area contributed by atoms with Gasteiger partial charge >= 0.3 is 0 Å². The number of nitro benzene ring substituents is 1. The summed E-state index contributed by atoms with van der Waals surface area (Å²) in [7, 11) is -3.94. The van der Waals surface area contributed by atoms with Gasteiger partial charge in [-0.25, -0.2) is 13.1 Å². The van der Waals surface area contributed by atoms with Gasteiger partial charge in [-0.2, -0.15) is 0 Å². The summed E-state index contributed by atoms with van der Waals surface area (Å²) in [6.45, 7) is 1.85. The van der Waals surface area contributed by atoms with Crippen LogP contribution in [-0.2, 0) is 10.0 Å². The number of sulfonamides is 1. The van der Waals surface area contributed by atoms with Crippen LogP contribution in [0.15, 0.2) is 27.6 Å². The van der Waals surface area contributed by atoms with Gasteiger partial charge in [-0.05, 0) is 31.9 Å². The van der Waals surface area contributed by atoms with Crippen molar-refractivity contribution in [2.75, 3.05) is 0 Å². The molecule has 6 nitrogen and oxygen atoms in total. The number of hydrogen-bond acceptors (Lipinski definition) is 4. The second-order valence-corrected chi connectivity index (χ2v) is 8.16. The summed E-state index contributed by atoms with van der Waals surface area (Å²) in [4.78, 5) is 10.1. The summed E-state index contributed by atoms with van der Waals surface area (Å²) in [5.74, 6) is 0. The van der Waals surface area contributed by atoms with Crippen LogP contribution in [0.2, 0.25) is 0 Å². The van der Waals surface area contributed by atoms with E-state index in [1.807, 2.05) is 6.92 Å². The Bertz CT molecular complexity index is 654. The molecule has 0 radical (unpaired) electrons. The minimum Gasteiger partial charge on any atom is -0.258 e. The molecule has 0 atom stereocenters. The van der Waals surface area contributed by atoms with Gasteiger partial charge in [0, 0.05) is 16.1 Å². The molecular formula is C13H17BrN2O4S. The molecule has 1 aromatic rings. The van der Waals surface area contributed by atoms with Crippen LogP contribution in [0, 0.1) is 10.1 Å². The Morgan fingerprint density at radius 2 is 1.90 bits per heavy atom. The molecule has 21 heavy (non-hydrogen) atoms. The highest BCUT2D eigenvalue weighted by Crippen LogP contribution is 2.32. The van der Waals surface area contributed by atoms with Crippen molar-refractivity contribution < 1.29 is 13.3 Å². The van der Waals surface area contributed by atoms with Gasteiger partial charge in [0.15, 0.2) is 4.90 Å². The number of hydrogen-bond donors (Lipinski definition) is 1. The van der Waals surface area contributed by atoms with E-state index < -0.39 is 26.2 Å². The number of benzene rings is 1. The maximum absolute atomic E-state index is 12.5. The third-order valence-corrected chi connectivity index (χ3v) is 5.91.